The number of benzene rings is 1. The van der Waals surface area contributed by atoms with Gasteiger partial charge < -0.3 is 0 Å². The maximum absolute atomic E-state index is 11.2. The molecule has 0 radical (unpaired) electrons. The molecule has 0 fully saturated rings. The quantitative estimate of drug-likeness (QED) is 0.695. The molecular formula is C15H11ClN4O. The number of carbonyl (C=O) groups is 1. The van der Waals surface area contributed by atoms with E-state index in [0.29, 0.717) is 29.2 Å². The summed E-state index contributed by atoms with van der Waals surface area (Å²) in [6, 6.07) is 11.1. The number of pyridine rings is 1. The first-order chi connectivity index (χ1) is 10.3. The van der Waals surface area contributed by atoms with Gasteiger partial charge in [0.05, 0.1) is 12.2 Å². The lowest BCUT2D eigenvalue weighted by Gasteiger charge is -2.08. The Morgan fingerprint density at radius 1 is 1.14 bits per heavy atom. The molecule has 0 unspecified atom stereocenters. The summed E-state index contributed by atoms with van der Waals surface area (Å²) in [7, 11) is 0. The molecule has 0 N–H and O–H groups in total. The number of rotatable bonds is 4. The highest BCUT2D eigenvalue weighted by atomic mass is 35.5. The Morgan fingerprint density at radius 2 is 1.90 bits per heavy atom. The topological polar surface area (TPSA) is 60.7 Å². The molecule has 6 heteroatoms. The van der Waals surface area contributed by atoms with Gasteiger partial charge in [-0.3, -0.25) is 9.78 Å². The lowest BCUT2D eigenvalue weighted by molar-refractivity contribution is 0.111. The van der Waals surface area contributed by atoms with E-state index in [9.17, 15) is 4.79 Å². The van der Waals surface area contributed by atoms with Crippen LogP contribution in [-0.2, 0) is 6.54 Å². The lowest BCUT2D eigenvalue weighted by Crippen LogP contribution is -2.05. The van der Waals surface area contributed by atoms with Crippen LogP contribution in [0.2, 0.25) is 5.02 Å². The zero-order chi connectivity index (χ0) is 14.7. The third-order valence-electron chi connectivity index (χ3n) is 3.10. The van der Waals surface area contributed by atoms with Gasteiger partial charge in [0.1, 0.15) is 0 Å². The van der Waals surface area contributed by atoms with Crippen LogP contribution in [0.5, 0.6) is 0 Å². The highest BCUT2D eigenvalue weighted by Gasteiger charge is 2.15. The van der Waals surface area contributed by atoms with Crippen LogP contribution in [0.15, 0.2) is 48.8 Å². The Balaban J connectivity index is 2.06. The van der Waals surface area contributed by atoms with E-state index in [1.165, 1.54) is 0 Å². The summed E-state index contributed by atoms with van der Waals surface area (Å²) in [5.74, 6) is 0. The number of carbonyl (C=O) groups excluding carboxylic acids is 1. The van der Waals surface area contributed by atoms with Gasteiger partial charge in [0, 0.05) is 23.0 Å². The van der Waals surface area contributed by atoms with Crippen molar-refractivity contribution in [2.75, 3.05) is 0 Å². The smallest absolute Gasteiger partial charge is 0.172 e. The molecule has 0 spiro atoms. The minimum atomic E-state index is 0.299. The molecule has 3 rings (SSSR count). The van der Waals surface area contributed by atoms with Crippen molar-refractivity contribution in [1.82, 2.24) is 20.0 Å². The fourth-order valence-corrected chi connectivity index (χ4v) is 2.31. The van der Waals surface area contributed by atoms with Gasteiger partial charge in [-0.05, 0) is 23.8 Å². The van der Waals surface area contributed by atoms with Gasteiger partial charge in [-0.15, -0.1) is 5.10 Å². The van der Waals surface area contributed by atoms with Gasteiger partial charge in [-0.1, -0.05) is 35.0 Å². The predicted molar refractivity (Wildman–Crippen MR) is 79.2 cm³/mol. The number of hydrogen-bond acceptors (Lipinski definition) is 4. The Kier molecular flexibility index (Phi) is 3.75. The molecule has 1 aromatic carbocycles. The largest absolute Gasteiger partial charge is 0.296 e. The molecule has 104 valence electrons. The maximum atomic E-state index is 11.2. The van der Waals surface area contributed by atoms with Gasteiger partial charge in [-0.25, -0.2) is 4.68 Å². The Labute approximate surface area is 126 Å². The maximum Gasteiger partial charge on any atom is 0.172 e. The third kappa shape index (κ3) is 2.68. The molecule has 2 aromatic heterocycles. The lowest BCUT2D eigenvalue weighted by atomic mass is 10.1. The van der Waals surface area contributed by atoms with Crippen LogP contribution < -0.4 is 0 Å². The standard InChI is InChI=1S/C15H11ClN4O/c16-13-4-2-1-3-12(13)9-20-15(14(10-21)18-19-20)11-5-7-17-8-6-11/h1-8,10H,9H2. The summed E-state index contributed by atoms with van der Waals surface area (Å²) in [4.78, 5) is 15.2. The fourth-order valence-electron chi connectivity index (χ4n) is 2.11. The Morgan fingerprint density at radius 3 is 2.62 bits per heavy atom. The van der Waals surface area contributed by atoms with Crippen LogP contribution in [0.25, 0.3) is 11.3 Å². The van der Waals surface area contributed by atoms with Crippen molar-refractivity contribution in [3.8, 4) is 11.3 Å². The van der Waals surface area contributed by atoms with Crippen LogP contribution in [0.1, 0.15) is 16.1 Å². The highest BCUT2D eigenvalue weighted by molar-refractivity contribution is 6.31. The van der Waals surface area contributed by atoms with Crippen LogP contribution in [-0.4, -0.2) is 26.3 Å². The molecular weight excluding hydrogens is 288 g/mol. The zero-order valence-electron chi connectivity index (χ0n) is 11.0. The van der Waals surface area contributed by atoms with E-state index in [0.717, 1.165) is 11.1 Å². The number of hydrogen-bond donors (Lipinski definition) is 0. The van der Waals surface area contributed by atoms with E-state index in [4.69, 9.17) is 11.6 Å². The van der Waals surface area contributed by atoms with Crippen molar-refractivity contribution in [3.63, 3.8) is 0 Å². The fraction of sp³-hybridized carbons (Fsp3) is 0.0667. The Hall–Kier alpha value is -2.53. The van der Waals surface area contributed by atoms with Gasteiger partial charge >= 0.3 is 0 Å². The minimum Gasteiger partial charge on any atom is -0.296 e. The van der Waals surface area contributed by atoms with Gasteiger partial charge in [0.25, 0.3) is 0 Å². The summed E-state index contributed by atoms with van der Waals surface area (Å²) in [5.41, 5.74) is 2.71. The Bertz CT molecular complexity index is 770. The molecule has 0 amide bonds. The highest BCUT2D eigenvalue weighted by Crippen LogP contribution is 2.23. The van der Waals surface area contributed by atoms with Crippen molar-refractivity contribution in [1.29, 1.82) is 0 Å². The second-order valence-corrected chi connectivity index (χ2v) is 4.83. The first-order valence-corrected chi connectivity index (χ1v) is 6.70. The average Bonchev–Trinajstić information content (AvgIpc) is 2.93. The summed E-state index contributed by atoms with van der Waals surface area (Å²) in [6.07, 6.45) is 4.03. The van der Waals surface area contributed by atoms with Crippen molar-refractivity contribution in [2.24, 2.45) is 0 Å². The molecule has 0 aliphatic carbocycles. The first kappa shape index (κ1) is 13.5. The van der Waals surface area contributed by atoms with Crippen LogP contribution in [0.4, 0.5) is 0 Å². The normalized spacial score (nSPS) is 10.5. The molecule has 0 aliphatic rings. The first-order valence-electron chi connectivity index (χ1n) is 6.32. The van der Waals surface area contributed by atoms with Crippen LogP contribution >= 0.6 is 11.6 Å². The summed E-state index contributed by atoms with van der Waals surface area (Å²) in [6.45, 7) is 0.443. The molecule has 3 aromatic rings. The van der Waals surface area contributed by atoms with Crippen LogP contribution in [0.3, 0.4) is 0 Å². The van der Waals surface area contributed by atoms with Crippen molar-refractivity contribution in [2.45, 2.75) is 6.54 Å². The van der Waals surface area contributed by atoms with Crippen molar-refractivity contribution in [3.05, 3.63) is 65.1 Å². The number of aromatic nitrogens is 4. The second-order valence-electron chi connectivity index (χ2n) is 4.43. The van der Waals surface area contributed by atoms with E-state index >= 15 is 0 Å². The third-order valence-corrected chi connectivity index (χ3v) is 3.47. The van der Waals surface area contributed by atoms with Crippen LogP contribution in [0, 0.1) is 0 Å². The predicted octanol–water partition coefficient (Wildman–Crippen LogP) is 2.85. The van der Waals surface area contributed by atoms with Crippen molar-refractivity contribution < 1.29 is 4.79 Å². The van der Waals surface area contributed by atoms with Gasteiger partial charge in [0.2, 0.25) is 0 Å². The average molecular weight is 299 g/mol. The van der Waals surface area contributed by atoms with E-state index < -0.39 is 0 Å². The van der Waals surface area contributed by atoms with E-state index in [1.54, 1.807) is 17.1 Å². The molecule has 0 bridgehead atoms. The molecule has 5 nitrogen and oxygen atoms in total. The van der Waals surface area contributed by atoms with E-state index in [1.807, 2.05) is 36.4 Å². The molecule has 2 heterocycles. The number of nitrogens with zero attached hydrogens (tertiary/aromatic N) is 4. The van der Waals surface area contributed by atoms with Gasteiger partial charge in [0.15, 0.2) is 12.0 Å². The molecule has 0 aliphatic heterocycles. The van der Waals surface area contributed by atoms with E-state index in [2.05, 4.69) is 15.3 Å². The minimum absolute atomic E-state index is 0.299. The molecule has 0 saturated carbocycles. The number of halogens is 1. The zero-order valence-corrected chi connectivity index (χ0v) is 11.7. The van der Waals surface area contributed by atoms with E-state index in [-0.39, 0.29) is 0 Å². The molecule has 0 saturated heterocycles. The second kappa shape index (κ2) is 5.85. The van der Waals surface area contributed by atoms with Gasteiger partial charge in [-0.2, -0.15) is 0 Å². The van der Waals surface area contributed by atoms with Crippen molar-refractivity contribution >= 4 is 17.9 Å². The monoisotopic (exact) mass is 298 g/mol. The number of aldehydes is 1. The molecule has 0 atom stereocenters. The summed E-state index contributed by atoms with van der Waals surface area (Å²) < 4.78 is 1.67. The SMILES string of the molecule is O=Cc1nnn(Cc2ccccc2Cl)c1-c1ccncc1. The summed E-state index contributed by atoms with van der Waals surface area (Å²) >= 11 is 6.17. The molecule has 21 heavy (non-hydrogen) atoms. The summed E-state index contributed by atoms with van der Waals surface area (Å²) in [5, 5.41) is 8.63.